The molecule has 1 N–H and O–H groups in total. The maximum absolute atomic E-state index is 11.7. The molecule has 3 heterocycles. The number of thioether (sulfide) groups is 1. The molecule has 8 nitrogen and oxygen atoms in total. The topological polar surface area (TPSA) is 98.3 Å². The number of amides is 2. The number of carbonyl (C=O) groups excluding carboxylic acids is 3. The fraction of sp³-hybridized carbons (Fsp3) is 0.385. The maximum Gasteiger partial charge on any atom is 0.230 e. The zero-order valence-electron chi connectivity index (χ0n) is 11.8. The van der Waals surface area contributed by atoms with Crippen LogP contribution in [0, 0.1) is 0 Å². The molecule has 0 aliphatic carbocycles. The van der Waals surface area contributed by atoms with E-state index in [9.17, 15) is 19.5 Å². The van der Waals surface area contributed by atoms with Crippen LogP contribution in [0.2, 0.25) is 0 Å². The van der Waals surface area contributed by atoms with Crippen LogP contribution in [0.1, 0.15) is 6.42 Å². The summed E-state index contributed by atoms with van der Waals surface area (Å²) in [5, 5.41) is 13.9. The zero-order chi connectivity index (χ0) is 15.9. The van der Waals surface area contributed by atoms with E-state index in [1.165, 1.54) is 4.90 Å². The van der Waals surface area contributed by atoms with Crippen molar-refractivity contribution in [3.05, 3.63) is 23.5 Å². The molecule has 2 amide bonds. The molecule has 1 saturated heterocycles. The van der Waals surface area contributed by atoms with Gasteiger partial charge in [0.05, 0.1) is 36.6 Å². The molecule has 0 aromatic carbocycles. The summed E-state index contributed by atoms with van der Waals surface area (Å²) in [4.78, 5) is 34.9. The quantitative estimate of drug-likeness (QED) is 0.391. The first-order chi connectivity index (χ1) is 10.5. The first-order valence-electron chi connectivity index (χ1n) is 6.65. The average Bonchev–Trinajstić information content (AvgIpc) is 2.80. The molecule has 1 aromatic rings. The fourth-order valence-corrected chi connectivity index (χ4v) is 3.90. The fourth-order valence-electron chi connectivity index (χ4n) is 2.65. The molecule has 0 radical (unpaired) electrons. The molecule has 2 aliphatic heterocycles. The lowest BCUT2D eigenvalue weighted by atomic mass is 10.1. The maximum atomic E-state index is 11.7. The van der Waals surface area contributed by atoms with Crippen LogP contribution in [0.3, 0.4) is 0 Å². The lowest BCUT2D eigenvalue weighted by molar-refractivity contribution is -0.765. The van der Waals surface area contributed by atoms with Crippen molar-refractivity contribution >= 4 is 35.9 Å². The zero-order valence-corrected chi connectivity index (χ0v) is 12.6. The van der Waals surface area contributed by atoms with Gasteiger partial charge in [0, 0.05) is 11.3 Å². The number of carbonyl (C=O) groups is 3. The van der Waals surface area contributed by atoms with E-state index in [1.54, 1.807) is 40.4 Å². The van der Waals surface area contributed by atoms with E-state index in [-0.39, 0.29) is 17.0 Å². The Morgan fingerprint density at radius 1 is 1.64 bits per heavy atom. The Labute approximate surface area is 130 Å². The monoisotopic (exact) mass is 322 g/mol. The van der Waals surface area contributed by atoms with E-state index in [0.717, 1.165) is 0 Å². The van der Waals surface area contributed by atoms with Crippen molar-refractivity contribution in [2.24, 2.45) is 7.05 Å². The molecular weight excluding hydrogens is 308 g/mol. The van der Waals surface area contributed by atoms with Crippen LogP contribution < -0.4 is 15.1 Å². The number of nitrogens with zero attached hydrogens (tertiary/aromatic N) is 3. The van der Waals surface area contributed by atoms with Crippen molar-refractivity contribution in [1.29, 1.82) is 0 Å². The molecule has 1 fully saturated rings. The van der Waals surface area contributed by atoms with Crippen molar-refractivity contribution in [2.75, 3.05) is 11.1 Å². The number of carboxylic acids is 1. The minimum absolute atomic E-state index is 0.0152. The van der Waals surface area contributed by atoms with E-state index in [1.807, 2.05) is 0 Å². The van der Waals surface area contributed by atoms with Crippen molar-refractivity contribution in [3.63, 3.8) is 0 Å². The third-order valence-corrected chi connectivity index (χ3v) is 5.10. The van der Waals surface area contributed by atoms with E-state index >= 15 is 0 Å². The highest BCUT2D eigenvalue weighted by Crippen LogP contribution is 2.39. The van der Waals surface area contributed by atoms with Crippen molar-refractivity contribution in [2.45, 2.75) is 18.3 Å². The van der Waals surface area contributed by atoms with E-state index < -0.39 is 5.97 Å². The van der Waals surface area contributed by atoms with Crippen LogP contribution in [-0.2, 0) is 28.0 Å². The summed E-state index contributed by atoms with van der Waals surface area (Å²) in [6.45, 7) is 0.309. The van der Waals surface area contributed by atoms with Crippen LogP contribution in [0.25, 0.3) is 0 Å². The third-order valence-electron chi connectivity index (χ3n) is 3.82. The summed E-state index contributed by atoms with van der Waals surface area (Å²) in [7, 11) is 1.75. The minimum atomic E-state index is -1.32. The number of aliphatic carboxylic acids is 1. The SMILES string of the molecule is Cn1c(NC=O)cc[n+]1CC1=C(C(=O)[O-])N2C(=O)C[C@H]2SC1. The summed E-state index contributed by atoms with van der Waals surface area (Å²) in [5.74, 6) is -0.387. The Balaban J connectivity index is 1.92. The number of aromatic nitrogens is 2. The van der Waals surface area contributed by atoms with Crippen LogP contribution in [0.4, 0.5) is 5.82 Å². The standard InChI is InChI=1S/C13H14N4O4S/c1-15-9(14-7-18)2-3-16(15)5-8-6-22-11-4-10(19)17(11)12(8)13(20)21/h2-3,7,11H,4-6H2,1H3,(H,20,21)/t11-/m1/s1. The first kappa shape index (κ1) is 14.6. The molecule has 1 atom stereocenters. The highest BCUT2D eigenvalue weighted by Gasteiger charge is 2.43. The van der Waals surface area contributed by atoms with Gasteiger partial charge in [-0.1, -0.05) is 0 Å². The number of hydrogen-bond donors (Lipinski definition) is 1. The van der Waals surface area contributed by atoms with Gasteiger partial charge in [0.15, 0.2) is 18.6 Å². The summed E-state index contributed by atoms with van der Waals surface area (Å²) in [6, 6.07) is 1.71. The lowest BCUT2D eigenvalue weighted by Gasteiger charge is -2.45. The number of rotatable bonds is 5. The van der Waals surface area contributed by atoms with Gasteiger partial charge in [-0.05, 0) is 0 Å². The molecular formula is C13H14N4O4S. The number of fused-ring (bicyclic) bond motifs is 1. The Hall–Kier alpha value is -2.29. The highest BCUT2D eigenvalue weighted by atomic mass is 32.2. The van der Waals surface area contributed by atoms with Gasteiger partial charge in [-0.2, -0.15) is 0 Å². The average molecular weight is 322 g/mol. The number of nitrogens with one attached hydrogen (secondary N) is 1. The molecule has 2 aliphatic rings. The normalized spacial score (nSPS) is 20.5. The van der Waals surface area contributed by atoms with Gasteiger partial charge in [0.1, 0.15) is 0 Å². The molecule has 0 saturated carbocycles. The van der Waals surface area contributed by atoms with Crippen LogP contribution in [0.5, 0.6) is 0 Å². The van der Waals surface area contributed by atoms with Gasteiger partial charge in [-0.25, -0.2) is 0 Å². The molecule has 116 valence electrons. The second-order valence-electron chi connectivity index (χ2n) is 5.06. The molecule has 0 bridgehead atoms. The van der Waals surface area contributed by atoms with E-state index in [4.69, 9.17) is 0 Å². The van der Waals surface area contributed by atoms with Gasteiger partial charge >= 0.3 is 0 Å². The second kappa shape index (κ2) is 5.48. The molecule has 0 unspecified atom stereocenters. The van der Waals surface area contributed by atoms with Crippen LogP contribution in [0.15, 0.2) is 23.5 Å². The smallest absolute Gasteiger partial charge is 0.230 e. The van der Waals surface area contributed by atoms with Gasteiger partial charge in [-0.15, -0.1) is 21.1 Å². The van der Waals surface area contributed by atoms with E-state index in [2.05, 4.69) is 5.32 Å². The van der Waals surface area contributed by atoms with Crippen molar-refractivity contribution in [1.82, 2.24) is 9.58 Å². The summed E-state index contributed by atoms with van der Waals surface area (Å²) >= 11 is 1.55. The number of anilines is 1. The Bertz CT molecular complexity index is 696. The molecule has 0 spiro atoms. The highest BCUT2D eigenvalue weighted by molar-refractivity contribution is 8.00. The Morgan fingerprint density at radius 2 is 2.41 bits per heavy atom. The summed E-state index contributed by atoms with van der Waals surface area (Å²) in [6.07, 6.45) is 2.69. The third kappa shape index (κ3) is 2.27. The van der Waals surface area contributed by atoms with Gasteiger partial charge in [0.2, 0.25) is 12.3 Å². The van der Waals surface area contributed by atoms with Crippen molar-refractivity contribution < 1.29 is 24.2 Å². The van der Waals surface area contributed by atoms with E-state index in [0.29, 0.717) is 36.5 Å². The number of hydrogen-bond acceptors (Lipinski definition) is 5. The largest absolute Gasteiger partial charge is 0.543 e. The van der Waals surface area contributed by atoms with Crippen LogP contribution >= 0.6 is 11.8 Å². The van der Waals surface area contributed by atoms with Crippen LogP contribution in [-0.4, -0.2) is 39.0 Å². The molecule has 9 heteroatoms. The van der Waals surface area contributed by atoms with Gasteiger partial charge < -0.3 is 15.2 Å². The molecule has 3 rings (SSSR count). The van der Waals surface area contributed by atoms with Crippen molar-refractivity contribution in [3.8, 4) is 0 Å². The number of carboxylic acid groups (broad SMARTS) is 1. The van der Waals surface area contributed by atoms with Gasteiger partial charge in [0.25, 0.3) is 0 Å². The summed E-state index contributed by atoms with van der Waals surface area (Å²) in [5.41, 5.74) is 0.608. The molecule has 1 aromatic heterocycles. The predicted octanol–water partition coefficient (Wildman–Crippen LogP) is -1.81. The predicted molar refractivity (Wildman–Crippen MR) is 75.0 cm³/mol. The lowest BCUT2D eigenvalue weighted by Crippen LogP contribution is -2.57. The summed E-state index contributed by atoms with van der Waals surface area (Å²) < 4.78 is 3.46. The second-order valence-corrected chi connectivity index (χ2v) is 6.22. The first-order valence-corrected chi connectivity index (χ1v) is 7.70. The minimum Gasteiger partial charge on any atom is -0.543 e. The van der Waals surface area contributed by atoms with Gasteiger partial charge in [-0.3, -0.25) is 14.5 Å². The Morgan fingerprint density at radius 3 is 3.05 bits per heavy atom. The number of β-lactam (4-membered cyclic amide) rings is 1. The Kier molecular flexibility index (Phi) is 3.65. The molecule has 22 heavy (non-hydrogen) atoms.